The minimum Gasteiger partial charge on any atom is -0.496 e. The summed E-state index contributed by atoms with van der Waals surface area (Å²) >= 11 is 0. The first kappa shape index (κ1) is 78.8. The van der Waals surface area contributed by atoms with Crippen LogP contribution in [0, 0.1) is 32.6 Å². The van der Waals surface area contributed by atoms with Crippen LogP contribution in [-0.4, -0.2) is 69.4 Å². The summed E-state index contributed by atoms with van der Waals surface area (Å²) in [4.78, 5) is 77.2. The standard InChI is InChI=1S/C76H122O14/c1-11-13-15-17-19-21-23-25-27-29-31-33-39-43-68(78)85-54-64(55-86-69(79)44-40-34-32-30-28-26-24-22-20-18-16-14-12-2)89-70(80)49-58(4)41-37-35-36-38-42-59(5)50-71(81)90-73-60(6)51-63(52-61(73)7)53-87-75-65(47-45-57(3)46-48-67(77)83-9)74(84-10)62(8)66-56-88-76(82)72(66)75/h45,51-52,58-59,64H,11-44,46-50,53-56H2,1-10H3/b57-45+. The fourth-order valence-electron chi connectivity index (χ4n) is 12.1. The number of ether oxygens (including phenoxy) is 8. The van der Waals surface area contributed by atoms with Gasteiger partial charge in [0.25, 0.3) is 0 Å². The Hall–Kier alpha value is -5.40. The number of cyclic esters (lactones) is 1. The number of allylic oxidation sites excluding steroid dienone is 2. The normalized spacial score (nSPS) is 12.8. The lowest BCUT2D eigenvalue weighted by molar-refractivity contribution is -0.167. The van der Waals surface area contributed by atoms with Crippen molar-refractivity contribution in [3.63, 3.8) is 0 Å². The molecule has 0 fully saturated rings. The molecule has 0 radical (unpaired) electrons. The molecule has 14 heteroatoms. The van der Waals surface area contributed by atoms with Gasteiger partial charge in [0.15, 0.2) is 6.10 Å². The van der Waals surface area contributed by atoms with Crippen LogP contribution in [0.25, 0.3) is 0 Å². The highest BCUT2D eigenvalue weighted by Gasteiger charge is 2.33. The summed E-state index contributed by atoms with van der Waals surface area (Å²) in [7, 11) is 2.97. The molecule has 0 amide bonds. The van der Waals surface area contributed by atoms with Gasteiger partial charge in [0.05, 0.1) is 14.2 Å². The highest BCUT2D eigenvalue weighted by molar-refractivity contribution is 5.98. The molecule has 1 aliphatic rings. The number of rotatable bonds is 54. The lowest BCUT2D eigenvalue weighted by atomic mass is 9.94. The summed E-state index contributed by atoms with van der Waals surface area (Å²) in [6, 6.07) is 3.87. The minimum atomic E-state index is -0.858. The molecule has 2 aromatic carbocycles. The van der Waals surface area contributed by atoms with Crippen LogP contribution < -0.4 is 14.2 Å². The van der Waals surface area contributed by atoms with Gasteiger partial charge in [-0.15, -0.1) is 0 Å². The highest BCUT2D eigenvalue weighted by atomic mass is 16.6. The molecule has 0 saturated heterocycles. The topological polar surface area (TPSA) is 176 Å². The molecule has 0 aliphatic carbocycles. The van der Waals surface area contributed by atoms with Crippen molar-refractivity contribution in [2.45, 2.75) is 325 Å². The third-order valence-electron chi connectivity index (χ3n) is 17.7. The predicted octanol–water partition coefficient (Wildman–Crippen LogP) is 19.6. The van der Waals surface area contributed by atoms with Gasteiger partial charge < -0.3 is 37.9 Å². The summed E-state index contributed by atoms with van der Waals surface area (Å²) in [5, 5.41) is 0. The number of fused-ring (bicyclic) bond motifs is 1. The molecule has 0 aromatic heterocycles. The zero-order chi connectivity index (χ0) is 65.7. The highest BCUT2D eigenvalue weighted by Crippen LogP contribution is 2.43. The number of methoxy groups -OCH3 is 2. The second-order valence-corrected chi connectivity index (χ2v) is 26.1. The molecule has 0 saturated carbocycles. The van der Waals surface area contributed by atoms with Gasteiger partial charge in [-0.1, -0.05) is 232 Å². The largest absolute Gasteiger partial charge is 0.496 e. The van der Waals surface area contributed by atoms with Gasteiger partial charge in [-0.25, -0.2) is 4.79 Å². The second kappa shape index (κ2) is 48.4. The van der Waals surface area contributed by atoms with Crippen molar-refractivity contribution >= 4 is 35.8 Å². The monoisotopic (exact) mass is 1260 g/mol. The van der Waals surface area contributed by atoms with E-state index < -0.39 is 12.1 Å². The Bertz CT molecular complexity index is 2350. The quantitative estimate of drug-likeness (QED) is 0.0201. The first-order valence-electron chi connectivity index (χ1n) is 35.6. The lowest BCUT2D eigenvalue weighted by Gasteiger charge is -2.20. The third kappa shape index (κ3) is 33.8. The van der Waals surface area contributed by atoms with Crippen LogP contribution in [0.15, 0.2) is 23.8 Å². The van der Waals surface area contributed by atoms with E-state index in [1.807, 2.05) is 52.8 Å². The predicted molar refractivity (Wildman–Crippen MR) is 359 cm³/mol. The third-order valence-corrected chi connectivity index (χ3v) is 17.7. The summed E-state index contributed by atoms with van der Waals surface area (Å²) in [6.07, 6.45) is 41.0. The van der Waals surface area contributed by atoms with Crippen LogP contribution in [0.2, 0.25) is 0 Å². The van der Waals surface area contributed by atoms with Crippen LogP contribution in [0.5, 0.6) is 17.2 Å². The molecule has 2 atom stereocenters. The molecule has 2 aromatic rings. The SMILES string of the molecule is CCCCCCCCCCCCCCCC(=O)OCC(COC(=O)CCCCCCCCCCCCCCC)OC(=O)CC(C)CCCCCCC(C)CC(=O)Oc1c(C)cc(COc2c(C/C=C(\C)CCC(=O)OC)c(OC)c(C)c3c2C(=O)OC3)cc1C. The first-order valence-corrected chi connectivity index (χ1v) is 35.6. The van der Waals surface area contributed by atoms with Crippen molar-refractivity contribution in [1.82, 2.24) is 0 Å². The van der Waals surface area contributed by atoms with Crippen LogP contribution in [-0.2, 0) is 67.3 Å². The summed E-state index contributed by atoms with van der Waals surface area (Å²) < 4.78 is 45.8. The van der Waals surface area contributed by atoms with Gasteiger partial charge in [0.2, 0.25) is 0 Å². The fourth-order valence-corrected chi connectivity index (χ4v) is 12.1. The maximum atomic E-state index is 13.3. The molecule has 0 N–H and O–H groups in total. The van der Waals surface area contributed by atoms with Gasteiger partial charge in [-0.05, 0) is 99.6 Å². The van der Waals surface area contributed by atoms with E-state index in [1.165, 1.54) is 136 Å². The van der Waals surface area contributed by atoms with Crippen molar-refractivity contribution in [2.24, 2.45) is 11.8 Å². The van der Waals surface area contributed by atoms with Crippen molar-refractivity contribution in [3.05, 3.63) is 62.7 Å². The summed E-state index contributed by atoms with van der Waals surface area (Å²) in [5.74, 6) is -0.284. The lowest BCUT2D eigenvalue weighted by Crippen LogP contribution is -2.31. The molecule has 0 spiro atoms. The minimum absolute atomic E-state index is 0.0809. The number of benzene rings is 2. The average molecular weight is 1260 g/mol. The van der Waals surface area contributed by atoms with Crippen LogP contribution in [0.3, 0.4) is 0 Å². The van der Waals surface area contributed by atoms with E-state index in [1.54, 1.807) is 7.11 Å². The molecule has 2 unspecified atom stereocenters. The summed E-state index contributed by atoms with van der Waals surface area (Å²) in [6.45, 7) is 16.3. The Kier molecular flexibility index (Phi) is 42.4. The van der Waals surface area contributed by atoms with Crippen LogP contribution >= 0.6 is 0 Å². The smallest absolute Gasteiger partial charge is 0.342 e. The number of carbonyl (C=O) groups excluding carboxylic acids is 6. The van der Waals surface area contributed by atoms with E-state index in [0.717, 1.165) is 110 Å². The Balaban J connectivity index is 1.41. The number of esters is 6. The van der Waals surface area contributed by atoms with E-state index in [0.29, 0.717) is 54.1 Å². The Morgan fingerprint density at radius 2 is 0.978 bits per heavy atom. The molecule has 3 rings (SSSR count). The second-order valence-electron chi connectivity index (χ2n) is 26.1. The number of hydrogen-bond donors (Lipinski definition) is 0. The zero-order valence-corrected chi connectivity index (χ0v) is 58.1. The van der Waals surface area contributed by atoms with E-state index in [4.69, 9.17) is 37.9 Å². The van der Waals surface area contributed by atoms with E-state index in [2.05, 4.69) is 20.8 Å². The Labute approximate surface area is 544 Å². The average Bonchev–Trinajstić information content (AvgIpc) is 1.51. The first-order chi connectivity index (χ1) is 43.5. The number of carbonyl (C=O) groups is 6. The fraction of sp³-hybridized carbons (Fsp3) is 0.737. The maximum Gasteiger partial charge on any atom is 0.342 e. The number of hydrogen-bond acceptors (Lipinski definition) is 14. The molecule has 1 heterocycles. The summed E-state index contributed by atoms with van der Waals surface area (Å²) in [5.41, 5.74) is 6.07. The van der Waals surface area contributed by atoms with Crippen molar-refractivity contribution in [2.75, 3.05) is 27.4 Å². The van der Waals surface area contributed by atoms with Crippen molar-refractivity contribution in [3.8, 4) is 17.2 Å². The van der Waals surface area contributed by atoms with Crippen LogP contribution in [0.1, 0.15) is 322 Å². The molecule has 510 valence electrons. The molecule has 14 nitrogen and oxygen atoms in total. The zero-order valence-electron chi connectivity index (χ0n) is 58.1. The Morgan fingerprint density at radius 1 is 0.533 bits per heavy atom. The van der Waals surface area contributed by atoms with Gasteiger partial charge >= 0.3 is 35.8 Å². The Morgan fingerprint density at radius 3 is 1.43 bits per heavy atom. The van der Waals surface area contributed by atoms with E-state index >= 15 is 0 Å². The number of unbranched alkanes of at least 4 members (excludes halogenated alkanes) is 27. The molecular formula is C76H122O14. The maximum absolute atomic E-state index is 13.3. The molecule has 0 bridgehead atoms. The van der Waals surface area contributed by atoms with Crippen molar-refractivity contribution < 1.29 is 66.7 Å². The van der Waals surface area contributed by atoms with Crippen LogP contribution in [0.4, 0.5) is 0 Å². The number of aryl methyl sites for hydroxylation is 2. The van der Waals surface area contributed by atoms with E-state index in [9.17, 15) is 28.8 Å². The van der Waals surface area contributed by atoms with Gasteiger partial charge in [0.1, 0.15) is 49.2 Å². The van der Waals surface area contributed by atoms with Crippen molar-refractivity contribution in [1.29, 1.82) is 0 Å². The van der Waals surface area contributed by atoms with Gasteiger partial charge in [0, 0.05) is 43.2 Å². The van der Waals surface area contributed by atoms with Gasteiger partial charge in [-0.2, -0.15) is 0 Å². The van der Waals surface area contributed by atoms with E-state index in [-0.39, 0.29) is 87.4 Å². The molecule has 1 aliphatic heterocycles. The van der Waals surface area contributed by atoms with Gasteiger partial charge in [-0.3, -0.25) is 24.0 Å². The molecular weight excluding hydrogens is 1140 g/mol. The molecule has 90 heavy (non-hydrogen) atoms.